The maximum Gasteiger partial charge on any atom is 0.106 e. The highest BCUT2D eigenvalue weighted by molar-refractivity contribution is 14.1. The maximum absolute atomic E-state index is 2.48. The van der Waals surface area contributed by atoms with Crippen molar-refractivity contribution in [3.05, 3.63) is 0 Å². The van der Waals surface area contributed by atoms with Crippen molar-refractivity contribution in [2.45, 2.75) is 16.2 Å². The first-order chi connectivity index (χ1) is 2.30. The Balaban J connectivity index is 2.20. The van der Waals surface area contributed by atoms with E-state index in [9.17, 15) is 0 Å². The lowest BCUT2D eigenvalue weighted by Gasteiger charge is -1.63. The molecule has 2 unspecified atom stereocenters. The summed E-state index contributed by atoms with van der Waals surface area (Å²) in [5, 5.41) is 0. The van der Waals surface area contributed by atoms with Crippen molar-refractivity contribution < 1.29 is 0 Å². The molecule has 0 saturated heterocycles. The zero-order chi connectivity index (χ0) is 3.86. The van der Waals surface area contributed by atoms with E-state index in [4.69, 9.17) is 0 Å². The molecule has 0 aromatic heterocycles. The summed E-state index contributed by atoms with van der Waals surface area (Å²) < 4.78 is 1.02. The Morgan fingerprint density at radius 1 is 1.80 bits per heavy atom. The highest BCUT2D eigenvalue weighted by Gasteiger charge is 2.28. The van der Waals surface area contributed by atoms with Crippen LogP contribution in [-0.2, 0) is 0 Å². The maximum atomic E-state index is 2.48. The Morgan fingerprint density at radius 2 is 2.00 bits per heavy atom. The van der Waals surface area contributed by atoms with Gasteiger partial charge in [0.25, 0.3) is 0 Å². The molecule has 1 fully saturated rings. The number of hydrogen-bond acceptors (Lipinski definition) is 0. The smallest absolute Gasteiger partial charge is 0.0831 e. The van der Waals surface area contributed by atoms with E-state index in [0.717, 1.165) is 9.74 Å². The van der Waals surface area contributed by atoms with E-state index >= 15 is 0 Å². The molecule has 2 heteroatoms. The van der Waals surface area contributed by atoms with Crippen LogP contribution in [0, 0.1) is 0 Å². The molecule has 0 aromatic rings. The van der Waals surface area contributed by atoms with E-state index in [0.29, 0.717) is 0 Å². The fourth-order valence-electron chi connectivity index (χ4n) is 0.277. The van der Waals surface area contributed by atoms with Gasteiger partial charge in [0.1, 0.15) is 7.85 Å². The fourth-order valence-corrected chi connectivity index (χ4v) is 1.08. The van der Waals surface area contributed by atoms with Crippen LogP contribution in [-0.4, -0.2) is 11.8 Å². The third-order valence-corrected chi connectivity index (χ3v) is 2.75. The topological polar surface area (TPSA) is 0 Å². The van der Waals surface area contributed by atoms with Gasteiger partial charge in [-0.3, -0.25) is 0 Å². The summed E-state index contributed by atoms with van der Waals surface area (Å²) in [4.78, 5) is 0. The molecule has 1 saturated carbocycles. The van der Waals surface area contributed by atoms with Crippen LogP contribution >= 0.6 is 22.6 Å². The molecule has 0 bridgehead atoms. The van der Waals surface area contributed by atoms with Crippen molar-refractivity contribution in [2.75, 3.05) is 0 Å². The van der Waals surface area contributed by atoms with Crippen LogP contribution in [0.1, 0.15) is 6.42 Å². The van der Waals surface area contributed by atoms with E-state index in [1.54, 1.807) is 0 Å². The second-order valence-corrected chi connectivity index (χ2v) is 3.33. The molecule has 0 radical (unpaired) electrons. The SMILES string of the molecule is BC1CC1I. The summed E-state index contributed by atoms with van der Waals surface area (Å²) in [5.41, 5.74) is 0. The fraction of sp³-hybridized carbons (Fsp3) is 1.00. The summed E-state index contributed by atoms with van der Waals surface area (Å²) in [6.45, 7) is 0. The van der Waals surface area contributed by atoms with Gasteiger partial charge in [-0.05, 0) is 6.42 Å². The quantitative estimate of drug-likeness (QED) is 0.291. The summed E-state index contributed by atoms with van der Waals surface area (Å²) in [6, 6.07) is 0. The Hall–Kier alpha value is 0.795. The van der Waals surface area contributed by atoms with Crippen LogP contribution in [0.15, 0.2) is 0 Å². The molecule has 1 rings (SSSR count). The molecule has 5 heavy (non-hydrogen) atoms. The molecular formula is C3H6BI. The zero-order valence-corrected chi connectivity index (χ0v) is 5.40. The molecule has 0 aliphatic heterocycles. The van der Waals surface area contributed by atoms with Crippen LogP contribution in [0.2, 0.25) is 5.82 Å². The van der Waals surface area contributed by atoms with Gasteiger partial charge in [-0.15, -0.1) is 0 Å². The molecule has 2 atom stereocenters. The highest BCUT2D eigenvalue weighted by atomic mass is 127. The molecule has 28 valence electrons. The van der Waals surface area contributed by atoms with E-state index in [1.807, 2.05) is 0 Å². The Kier molecular flexibility index (Phi) is 0.902. The monoisotopic (exact) mass is 180 g/mol. The summed E-state index contributed by atoms with van der Waals surface area (Å²) in [5.74, 6) is 1.04. The van der Waals surface area contributed by atoms with Crippen molar-refractivity contribution in [1.29, 1.82) is 0 Å². The normalized spacial score (nSPS) is 49.0. The summed E-state index contributed by atoms with van der Waals surface area (Å²) in [6.07, 6.45) is 1.46. The van der Waals surface area contributed by atoms with Crippen LogP contribution in [0.3, 0.4) is 0 Å². The minimum atomic E-state index is 1.02. The van der Waals surface area contributed by atoms with Gasteiger partial charge in [0.05, 0.1) is 0 Å². The van der Waals surface area contributed by atoms with Gasteiger partial charge in [0, 0.05) is 3.92 Å². The van der Waals surface area contributed by atoms with Crippen molar-refractivity contribution in [3.8, 4) is 0 Å². The molecular weight excluding hydrogens is 174 g/mol. The van der Waals surface area contributed by atoms with Gasteiger partial charge < -0.3 is 0 Å². The van der Waals surface area contributed by atoms with Gasteiger partial charge in [-0.1, -0.05) is 28.4 Å². The Labute approximate surface area is 46.9 Å². The van der Waals surface area contributed by atoms with Crippen molar-refractivity contribution in [1.82, 2.24) is 0 Å². The minimum absolute atomic E-state index is 1.02. The molecule has 0 nitrogen and oxygen atoms in total. The number of hydrogen-bond donors (Lipinski definition) is 0. The van der Waals surface area contributed by atoms with Crippen LogP contribution in [0.25, 0.3) is 0 Å². The third-order valence-electron chi connectivity index (χ3n) is 1.01. The zero-order valence-electron chi connectivity index (χ0n) is 3.24. The van der Waals surface area contributed by atoms with E-state index < -0.39 is 0 Å². The van der Waals surface area contributed by atoms with Crippen molar-refractivity contribution in [3.63, 3.8) is 0 Å². The van der Waals surface area contributed by atoms with Gasteiger partial charge in [-0.2, -0.15) is 0 Å². The average molecular weight is 180 g/mol. The molecule has 0 spiro atoms. The number of halogens is 1. The van der Waals surface area contributed by atoms with Gasteiger partial charge in [-0.25, -0.2) is 0 Å². The predicted molar refractivity (Wildman–Crippen MR) is 34.7 cm³/mol. The lowest BCUT2D eigenvalue weighted by atomic mass is 10.0. The minimum Gasteiger partial charge on any atom is -0.0831 e. The second kappa shape index (κ2) is 1.14. The van der Waals surface area contributed by atoms with E-state index in [2.05, 4.69) is 30.4 Å². The molecule has 0 amide bonds. The van der Waals surface area contributed by atoms with Crippen LogP contribution < -0.4 is 0 Å². The Morgan fingerprint density at radius 3 is 2.00 bits per heavy atom. The molecule has 0 N–H and O–H groups in total. The van der Waals surface area contributed by atoms with Crippen LogP contribution in [0.4, 0.5) is 0 Å². The standard InChI is InChI=1S/C3H6BI/c4-2-1-3(2)5/h2-3H,1,4H2. The average Bonchev–Trinajstić information content (AvgIpc) is 1.79. The lowest BCUT2D eigenvalue weighted by molar-refractivity contribution is 1.48. The summed E-state index contributed by atoms with van der Waals surface area (Å²) in [7, 11) is 2.29. The summed E-state index contributed by atoms with van der Waals surface area (Å²) >= 11 is 2.48. The van der Waals surface area contributed by atoms with Gasteiger partial charge >= 0.3 is 0 Å². The highest BCUT2D eigenvalue weighted by Crippen LogP contribution is 2.40. The van der Waals surface area contributed by atoms with Gasteiger partial charge in [0.2, 0.25) is 0 Å². The van der Waals surface area contributed by atoms with E-state index in [1.165, 1.54) is 6.42 Å². The van der Waals surface area contributed by atoms with E-state index in [-0.39, 0.29) is 0 Å². The lowest BCUT2D eigenvalue weighted by Crippen LogP contribution is -1.60. The first-order valence-corrected chi connectivity index (χ1v) is 3.19. The molecule has 1 aliphatic carbocycles. The predicted octanol–water partition coefficient (Wildman–Crippen LogP) is 0.615. The van der Waals surface area contributed by atoms with Crippen molar-refractivity contribution in [2.24, 2.45) is 0 Å². The number of alkyl halides is 1. The largest absolute Gasteiger partial charge is 0.106 e. The first kappa shape index (κ1) is 3.97. The second-order valence-electron chi connectivity index (χ2n) is 1.73. The van der Waals surface area contributed by atoms with Gasteiger partial charge in [0.15, 0.2) is 0 Å². The first-order valence-electron chi connectivity index (χ1n) is 1.95. The number of rotatable bonds is 0. The third kappa shape index (κ3) is 0.811. The molecule has 0 aromatic carbocycles. The van der Waals surface area contributed by atoms with Crippen molar-refractivity contribution >= 4 is 30.4 Å². The van der Waals surface area contributed by atoms with Crippen LogP contribution in [0.5, 0.6) is 0 Å². The molecule has 0 heterocycles. The Bertz CT molecular complexity index is 40.2. The molecule has 1 aliphatic rings.